The summed E-state index contributed by atoms with van der Waals surface area (Å²) in [5.74, 6) is -0.315. The van der Waals surface area contributed by atoms with E-state index in [4.69, 9.17) is 5.11 Å². The van der Waals surface area contributed by atoms with Crippen LogP contribution in [0.1, 0.15) is 36.4 Å². The van der Waals surface area contributed by atoms with Gasteiger partial charge in [-0.15, -0.1) is 0 Å². The van der Waals surface area contributed by atoms with Crippen LogP contribution in [-0.2, 0) is 17.8 Å². The van der Waals surface area contributed by atoms with E-state index in [2.05, 4.69) is 39.2 Å². The molecule has 0 spiro atoms. The third-order valence-corrected chi connectivity index (χ3v) is 6.20. The Labute approximate surface area is 182 Å². The number of hydrogen-bond donors (Lipinski definition) is 2. The Morgan fingerprint density at radius 1 is 1.06 bits per heavy atom. The number of halogens is 1. The SMILES string of the molecule is O=C(CCO)NCc1ccc2ccn(C3CCN(CCc4ccc(F)cc4)CC3)c2c1. The number of nitrogens with zero attached hydrogens (tertiary/aromatic N) is 2. The first-order valence-corrected chi connectivity index (χ1v) is 11.1. The largest absolute Gasteiger partial charge is 0.396 e. The highest BCUT2D eigenvalue weighted by atomic mass is 19.1. The Hall–Kier alpha value is -2.70. The minimum atomic E-state index is -0.181. The van der Waals surface area contributed by atoms with Crippen LogP contribution in [0.5, 0.6) is 0 Å². The van der Waals surface area contributed by atoms with Crippen LogP contribution in [0.25, 0.3) is 10.9 Å². The van der Waals surface area contributed by atoms with Gasteiger partial charge in [-0.05, 0) is 60.0 Å². The van der Waals surface area contributed by atoms with Gasteiger partial charge in [0.15, 0.2) is 0 Å². The number of carbonyl (C=O) groups excluding carboxylic acids is 1. The van der Waals surface area contributed by atoms with Crippen molar-refractivity contribution in [2.24, 2.45) is 0 Å². The van der Waals surface area contributed by atoms with Gasteiger partial charge in [0.2, 0.25) is 5.91 Å². The van der Waals surface area contributed by atoms with Crippen molar-refractivity contribution in [2.75, 3.05) is 26.2 Å². The molecule has 0 saturated carbocycles. The van der Waals surface area contributed by atoms with Crippen molar-refractivity contribution >= 4 is 16.8 Å². The maximum Gasteiger partial charge on any atom is 0.222 e. The number of rotatable bonds is 8. The number of fused-ring (bicyclic) bond motifs is 1. The van der Waals surface area contributed by atoms with Crippen molar-refractivity contribution in [1.82, 2.24) is 14.8 Å². The second kappa shape index (κ2) is 10.1. The first-order chi connectivity index (χ1) is 15.1. The average Bonchev–Trinajstić information content (AvgIpc) is 3.21. The number of benzene rings is 2. The van der Waals surface area contributed by atoms with Crippen LogP contribution in [-0.4, -0.2) is 46.7 Å². The van der Waals surface area contributed by atoms with Crippen LogP contribution >= 0.6 is 0 Å². The first-order valence-electron chi connectivity index (χ1n) is 11.1. The summed E-state index contributed by atoms with van der Waals surface area (Å²) in [5, 5.41) is 12.9. The molecule has 2 N–H and O–H groups in total. The Bertz CT molecular complexity index is 1010. The number of nitrogens with one attached hydrogen (secondary N) is 1. The number of likely N-dealkylation sites (tertiary alicyclic amines) is 1. The molecule has 0 atom stereocenters. The van der Waals surface area contributed by atoms with E-state index in [0.717, 1.165) is 44.5 Å². The highest BCUT2D eigenvalue weighted by Crippen LogP contribution is 2.28. The second-order valence-corrected chi connectivity index (χ2v) is 8.32. The standard InChI is InChI=1S/C25H30FN3O2/c26-22-5-2-19(3-6-22)7-12-28-13-9-23(10-14-28)29-15-8-21-4-1-20(17-24(21)29)18-27-25(31)11-16-30/h1-6,8,15,17,23,30H,7,9-14,16,18H2,(H,27,31). The summed E-state index contributed by atoms with van der Waals surface area (Å²) in [6.07, 6.45) is 5.47. The molecule has 1 amide bonds. The maximum absolute atomic E-state index is 13.1. The maximum atomic E-state index is 13.1. The van der Waals surface area contributed by atoms with Gasteiger partial charge in [-0.2, -0.15) is 0 Å². The van der Waals surface area contributed by atoms with Gasteiger partial charge in [-0.3, -0.25) is 4.79 Å². The molecule has 4 rings (SSSR count). The van der Waals surface area contributed by atoms with Gasteiger partial charge < -0.3 is 19.9 Å². The second-order valence-electron chi connectivity index (χ2n) is 8.32. The highest BCUT2D eigenvalue weighted by molar-refractivity contribution is 5.81. The molecule has 0 unspecified atom stereocenters. The van der Waals surface area contributed by atoms with E-state index in [1.165, 1.54) is 28.6 Å². The lowest BCUT2D eigenvalue weighted by molar-refractivity contribution is -0.121. The summed E-state index contributed by atoms with van der Waals surface area (Å²) in [5.41, 5.74) is 3.45. The van der Waals surface area contributed by atoms with E-state index >= 15 is 0 Å². The van der Waals surface area contributed by atoms with E-state index < -0.39 is 0 Å². The Morgan fingerprint density at radius 2 is 1.81 bits per heavy atom. The smallest absolute Gasteiger partial charge is 0.222 e. The van der Waals surface area contributed by atoms with Crippen LogP contribution < -0.4 is 5.32 Å². The molecule has 0 aliphatic carbocycles. The molecule has 0 bridgehead atoms. The van der Waals surface area contributed by atoms with Crippen molar-refractivity contribution in [3.05, 3.63) is 71.7 Å². The lowest BCUT2D eigenvalue weighted by atomic mass is 10.0. The molecule has 2 aromatic carbocycles. The molecule has 1 aliphatic rings. The normalized spacial score (nSPS) is 15.4. The van der Waals surface area contributed by atoms with Gasteiger partial charge >= 0.3 is 0 Å². The number of hydrogen-bond acceptors (Lipinski definition) is 3. The highest BCUT2D eigenvalue weighted by Gasteiger charge is 2.21. The summed E-state index contributed by atoms with van der Waals surface area (Å²) in [6, 6.07) is 15.8. The number of piperidine rings is 1. The zero-order valence-electron chi connectivity index (χ0n) is 17.8. The van der Waals surface area contributed by atoms with E-state index in [1.54, 1.807) is 0 Å². The zero-order valence-corrected chi connectivity index (χ0v) is 17.8. The van der Waals surface area contributed by atoms with Crippen LogP contribution in [0.3, 0.4) is 0 Å². The lowest BCUT2D eigenvalue weighted by Gasteiger charge is -2.33. The number of amides is 1. The van der Waals surface area contributed by atoms with Crippen LogP contribution in [0.4, 0.5) is 4.39 Å². The molecule has 2 heterocycles. The molecule has 1 saturated heterocycles. The van der Waals surface area contributed by atoms with Gasteiger partial charge in [0.05, 0.1) is 6.61 Å². The summed E-state index contributed by atoms with van der Waals surface area (Å²) >= 11 is 0. The molecule has 1 fully saturated rings. The summed E-state index contributed by atoms with van der Waals surface area (Å²) in [6.45, 7) is 3.46. The van der Waals surface area contributed by atoms with E-state index in [0.29, 0.717) is 12.6 Å². The van der Waals surface area contributed by atoms with Crippen molar-refractivity contribution in [3.63, 3.8) is 0 Å². The number of carbonyl (C=O) groups is 1. The average molecular weight is 424 g/mol. The number of aliphatic hydroxyl groups excluding tert-OH is 1. The van der Waals surface area contributed by atoms with E-state index in [1.807, 2.05) is 18.2 Å². The van der Waals surface area contributed by atoms with E-state index in [9.17, 15) is 9.18 Å². The van der Waals surface area contributed by atoms with Gasteiger partial charge in [0, 0.05) is 50.4 Å². The summed E-state index contributed by atoms with van der Waals surface area (Å²) in [4.78, 5) is 14.1. The number of aliphatic hydroxyl groups is 1. The molecule has 164 valence electrons. The molecule has 0 radical (unpaired) electrons. The molecular formula is C25H30FN3O2. The molecule has 31 heavy (non-hydrogen) atoms. The van der Waals surface area contributed by atoms with Crippen LogP contribution in [0.15, 0.2) is 54.7 Å². The predicted octanol–water partition coefficient (Wildman–Crippen LogP) is 3.66. The quantitative estimate of drug-likeness (QED) is 0.581. The summed E-state index contributed by atoms with van der Waals surface area (Å²) in [7, 11) is 0. The minimum Gasteiger partial charge on any atom is -0.396 e. The molecule has 1 aliphatic heterocycles. The van der Waals surface area contributed by atoms with Crippen molar-refractivity contribution < 1.29 is 14.3 Å². The fourth-order valence-corrected chi connectivity index (χ4v) is 4.37. The van der Waals surface area contributed by atoms with Crippen LogP contribution in [0.2, 0.25) is 0 Å². The van der Waals surface area contributed by atoms with Gasteiger partial charge in [-0.1, -0.05) is 24.3 Å². The summed E-state index contributed by atoms with van der Waals surface area (Å²) < 4.78 is 15.4. The predicted molar refractivity (Wildman–Crippen MR) is 120 cm³/mol. The monoisotopic (exact) mass is 423 g/mol. The third kappa shape index (κ3) is 5.51. The number of aromatic nitrogens is 1. The fourth-order valence-electron chi connectivity index (χ4n) is 4.37. The van der Waals surface area contributed by atoms with Crippen molar-refractivity contribution in [2.45, 2.75) is 38.3 Å². The lowest BCUT2D eigenvalue weighted by Crippen LogP contribution is -2.35. The zero-order chi connectivity index (χ0) is 21.6. The third-order valence-electron chi connectivity index (χ3n) is 6.20. The van der Waals surface area contributed by atoms with Crippen LogP contribution in [0, 0.1) is 5.82 Å². The molecule has 1 aromatic heterocycles. The molecule has 3 aromatic rings. The topological polar surface area (TPSA) is 57.5 Å². The van der Waals surface area contributed by atoms with E-state index in [-0.39, 0.29) is 24.8 Å². The molecule has 6 heteroatoms. The van der Waals surface area contributed by atoms with Crippen molar-refractivity contribution in [3.8, 4) is 0 Å². The van der Waals surface area contributed by atoms with Gasteiger partial charge in [0.25, 0.3) is 0 Å². The van der Waals surface area contributed by atoms with Gasteiger partial charge in [0.1, 0.15) is 5.82 Å². The molecule has 5 nitrogen and oxygen atoms in total. The molecular weight excluding hydrogens is 393 g/mol. The minimum absolute atomic E-state index is 0.129. The van der Waals surface area contributed by atoms with Gasteiger partial charge in [-0.25, -0.2) is 4.39 Å². The fraction of sp³-hybridized carbons (Fsp3) is 0.400. The Morgan fingerprint density at radius 3 is 2.55 bits per heavy atom. The first kappa shape index (κ1) is 21.5. The Balaban J connectivity index is 1.34. The Kier molecular flexibility index (Phi) is 6.99. The van der Waals surface area contributed by atoms with Crippen molar-refractivity contribution in [1.29, 1.82) is 0 Å².